The molecule has 31 heavy (non-hydrogen) atoms. The Morgan fingerprint density at radius 3 is 2.42 bits per heavy atom. The van der Waals surface area contributed by atoms with E-state index in [1.807, 2.05) is 38.1 Å². The third-order valence-corrected chi connectivity index (χ3v) is 6.81. The van der Waals surface area contributed by atoms with Gasteiger partial charge in [0.05, 0.1) is 11.5 Å². The number of thiocarbonyl (C=S) groups is 1. The molecule has 0 bridgehead atoms. The van der Waals surface area contributed by atoms with Crippen LogP contribution in [0.3, 0.4) is 0 Å². The monoisotopic (exact) mass is 463 g/mol. The fourth-order valence-corrected chi connectivity index (χ4v) is 4.76. The second-order valence-corrected chi connectivity index (χ2v) is 9.58. The van der Waals surface area contributed by atoms with Crippen LogP contribution in [0.2, 0.25) is 0 Å². The molecule has 1 N–H and O–H groups in total. The van der Waals surface area contributed by atoms with Crippen molar-refractivity contribution in [3.63, 3.8) is 0 Å². The molecule has 1 aliphatic rings. The van der Waals surface area contributed by atoms with Gasteiger partial charge in [0, 0.05) is 0 Å². The van der Waals surface area contributed by atoms with Crippen LogP contribution in [0, 0.1) is 5.92 Å². The molecule has 1 amide bonds. The first-order valence-electron chi connectivity index (χ1n) is 11.1. The van der Waals surface area contributed by atoms with Crippen LogP contribution >= 0.6 is 24.0 Å². The fraction of sp³-hybridized carbons (Fsp3) is 0.542. The van der Waals surface area contributed by atoms with Gasteiger partial charge in [-0.3, -0.25) is 9.69 Å². The molecule has 1 saturated heterocycles. The standard InChI is InChI=1S/C24H33NO4S2/c1-4-6-7-8-9-10-15-29-19-13-11-18(12-14-19)16-20-22(26)25(24(30)31-20)21(23(27)28)17(3)5-2/h11-14,16-17,21H,4-10,15H2,1-3H3,(H,27,28). The van der Waals surface area contributed by atoms with Crippen molar-refractivity contribution in [1.82, 2.24) is 4.90 Å². The zero-order valence-corrected chi connectivity index (χ0v) is 20.3. The molecule has 170 valence electrons. The molecule has 1 fully saturated rings. The van der Waals surface area contributed by atoms with Gasteiger partial charge in [-0.05, 0) is 36.1 Å². The predicted molar refractivity (Wildman–Crippen MR) is 131 cm³/mol. The zero-order chi connectivity index (χ0) is 22.8. The van der Waals surface area contributed by atoms with E-state index in [1.54, 1.807) is 6.08 Å². The molecule has 2 atom stereocenters. The van der Waals surface area contributed by atoms with E-state index in [0.717, 1.165) is 29.5 Å². The van der Waals surface area contributed by atoms with Crippen LogP contribution in [0.1, 0.15) is 71.3 Å². The largest absolute Gasteiger partial charge is 0.494 e. The van der Waals surface area contributed by atoms with Crippen molar-refractivity contribution in [1.29, 1.82) is 0 Å². The van der Waals surface area contributed by atoms with Crippen molar-refractivity contribution in [3.8, 4) is 5.75 Å². The summed E-state index contributed by atoms with van der Waals surface area (Å²) in [5, 5.41) is 9.62. The minimum atomic E-state index is -1.03. The summed E-state index contributed by atoms with van der Waals surface area (Å²) in [6.07, 6.45) is 9.75. The topological polar surface area (TPSA) is 66.8 Å². The van der Waals surface area contributed by atoms with Crippen molar-refractivity contribution >= 4 is 46.3 Å². The van der Waals surface area contributed by atoms with Gasteiger partial charge in [0.2, 0.25) is 0 Å². The first-order valence-corrected chi connectivity index (χ1v) is 12.3. The Bertz CT molecular complexity index is 791. The summed E-state index contributed by atoms with van der Waals surface area (Å²) in [6, 6.07) is 6.63. The number of carbonyl (C=O) groups is 2. The number of ether oxygens (including phenoxy) is 1. The van der Waals surface area contributed by atoms with Gasteiger partial charge in [-0.25, -0.2) is 4.79 Å². The summed E-state index contributed by atoms with van der Waals surface area (Å²) < 4.78 is 6.10. The smallest absolute Gasteiger partial charge is 0.327 e. The number of thioether (sulfide) groups is 1. The van der Waals surface area contributed by atoms with Gasteiger partial charge in [-0.1, -0.05) is 95.4 Å². The molecule has 0 aliphatic carbocycles. The molecule has 1 aromatic rings. The van der Waals surface area contributed by atoms with E-state index in [9.17, 15) is 14.7 Å². The van der Waals surface area contributed by atoms with Crippen molar-refractivity contribution < 1.29 is 19.4 Å². The van der Waals surface area contributed by atoms with Crippen LogP contribution < -0.4 is 4.74 Å². The molecular formula is C24H33NO4S2. The maximum absolute atomic E-state index is 12.9. The third-order valence-electron chi connectivity index (χ3n) is 5.48. The molecule has 0 spiro atoms. The minimum Gasteiger partial charge on any atom is -0.494 e. The van der Waals surface area contributed by atoms with Gasteiger partial charge in [-0.2, -0.15) is 0 Å². The van der Waals surface area contributed by atoms with Gasteiger partial charge < -0.3 is 9.84 Å². The SMILES string of the molecule is CCCCCCCCOc1ccc(C=C2SC(=S)N(C(C(=O)O)C(C)CC)C2=O)cc1. The number of carbonyl (C=O) groups excluding carboxylic acids is 1. The average molecular weight is 464 g/mol. The summed E-state index contributed by atoms with van der Waals surface area (Å²) in [5.41, 5.74) is 0.850. The summed E-state index contributed by atoms with van der Waals surface area (Å²) in [5.74, 6) is -0.756. The van der Waals surface area contributed by atoms with E-state index in [4.69, 9.17) is 17.0 Å². The van der Waals surface area contributed by atoms with Crippen molar-refractivity contribution in [3.05, 3.63) is 34.7 Å². The fourth-order valence-electron chi connectivity index (χ4n) is 3.44. The quantitative estimate of drug-likeness (QED) is 0.216. The molecule has 1 aromatic carbocycles. The Labute approximate surface area is 195 Å². The number of amides is 1. The van der Waals surface area contributed by atoms with Crippen LogP contribution in [0.4, 0.5) is 0 Å². The maximum Gasteiger partial charge on any atom is 0.327 e. The van der Waals surface area contributed by atoms with Gasteiger partial charge >= 0.3 is 5.97 Å². The van der Waals surface area contributed by atoms with Crippen LogP contribution in [-0.2, 0) is 9.59 Å². The Morgan fingerprint density at radius 1 is 1.16 bits per heavy atom. The highest BCUT2D eigenvalue weighted by Crippen LogP contribution is 2.36. The van der Waals surface area contributed by atoms with E-state index in [2.05, 4.69) is 6.92 Å². The number of rotatable bonds is 13. The van der Waals surface area contributed by atoms with Crippen molar-refractivity contribution in [2.45, 2.75) is 71.8 Å². The Hall–Kier alpha value is -1.86. The van der Waals surface area contributed by atoms with E-state index in [0.29, 0.717) is 22.3 Å². The molecule has 1 aliphatic heterocycles. The number of unbranched alkanes of at least 4 members (excludes halogenated alkanes) is 5. The van der Waals surface area contributed by atoms with Crippen LogP contribution in [0.15, 0.2) is 29.2 Å². The van der Waals surface area contributed by atoms with E-state index < -0.39 is 12.0 Å². The van der Waals surface area contributed by atoms with E-state index in [1.165, 1.54) is 37.0 Å². The summed E-state index contributed by atoms with van der Waals surface area (Å²) >= 11 is 6.48. The molecule has 0 saturated carbocycles. The number of carboxylic acids is 1. The second kappa shape index (κ2) is 12.9. The van der Waals surface area contributed by atoms with E-state index >= 15 is 0 Å². The normalized spacial score (nSPS) is 17.3. The number of aliphatic carboxylic acids is 1. The predicted octanol–water partition coefficient (Wildman–Crippen LogP) is 6.13. The zero-order valence-electron chi connectivity index (χ0n) is 18.6. The van der Waals surface area contributed by atoms with Gasteiger partial charge in [0.25, 0.3) is 5.91 Å². The first kappa shape index (κ1) is 25.4. The van der Waals surface area contributed by atoms with Gasteiger partial charge in [-0.15, -0.1) is 0 Å². The van der Waals surface area contributed by atoms with Gasteiger partial charge in [0.15, 0.2) is 0 Å². The van der Waals surface area contributed by atoms with E-state index in [-0.39, 0.29) is 11.8 Å². The molecule has 1 heterocycles. The average Bonchev–Trinajstić information content (AvgIpc) is 3.01. The minimum absolute atomic E-state index is 0.192. The molecule has 7 heteroatoms. The molecule has 5 nitrogen and oxygen atoms in total. The number of nitrogens with zero attached hydrogens (tertiary/aromatic N) is 1. The first-order chi connectivity index (χ1) is 14.9. The number of hydrogen-bond acceptors (Lipinski definition) is 5. The highest BCUT2D eigenvalue weighted by Gasteiger charge is 2.42. The lowest BCUT2D eigenvalue weighted by molar-refractivity contribution is -0.147. The lowest BCUT2D eigenvalue weighted by Gasteiger charge is -2.27. The molecule has 0 radical (unpaired) electrons. The second-order valence-electron chi connectivity index (χ2n) is 7.91. The Kier molecular flexibility index (Phi) is 10.5. The number of benzene rings is 1. The highest BCUT2D eigenvalue weighted by atomic mass is 32.2. The van der Waals surface area contributed by atoms with Gasteiger partial charge in [0.1, 0.15) is 16.1 Å². The van der Waals surface area contributed by atoms with Crippen molar-refractivity contribution in [2.24, 2.45) is 5.92 Å². The lowest BCUT2D eigenvalue weighted by Crippen LogP contribution is -2.47. The summed E-state index contributed by atoms with van der Waals surface area (Å²) in [4.78, 5) is 26.3. The Balaban J connectivity index is 1.95. The molecule has 2 unspecified atom stereocenters. The molecule has 2 rings (SSSR count). The molecule has 0 aromatic heterocycles. The Morgan fingerprint density at radius 2 is 1.81 bits per heavy atom. The summed E-state index contributed by atoms with van der Waals surface area (Å²) in [7, 11) is 0. The lowest BCUT2D eigenvalue weighted by atomic mass is 9.98. The number of carboxylic acid groups (broad SMARTS) is 1. The van der Waals surface area contributed by atoms with Crippen LogP contribution in [0.25, 0.3) is 6.08 Å². The van der Waals surface area contributed by atoms with Crippen LogP contribution in [0.5, 0.6) is 5.75 Å². The number of hydrogen-bond donors (Lipinski definition) is 1. The highest BCUT2D eigenvalue weighted by molar-refractivity contribution is 8.26. The molecular weight excluding hydrogens is 430 g/mol. The maximum atomic E-state index is 12.9. The summed E-state index contributed by atoms with van der Waals surface area (Å²) in [6.45, 7) is 6.65. The van der Waals surface area contributed by atoms with Crippen molar-refractivity contribution in [2.75, 3.05) is 6.61 Å². The van der Waals surface area contributed by atoms with Crippen LogP contribution in [-0.4, -0.2) is 38.9 Å². The third kappa shape index (κ3) is 7.35.